The lowest BCUT2D eigenvalue weighted by atomic mass is 9.41. The standard InChI is InChI=1S/C35H60O4/c1-22(21-26(39-30(2,3)4)29(38-12)32(7,8)37)23-15-19-35(11)25-13-14-27-31(5,6)28(36)17-18-33(27,9)24(25)16-20-34(23,35)10/h13,22-24,26-27,29,37H,14-21H2,1-12H3/t22?,23-,24?,26+,27?,29-,33+,34-,35+/m0/s1. The first-order valence-electron chi connectivity index (χ1n) is 15.9. The van der Waals surface area contributed by atoms with Gasteiger partial charge in [0.05, 0.1) is 17.3 Å². The molecule has 4 nitrogen and oxygen atoms in total. The molecule has 4 rings (SSSR count). The smallest absolute Gasteiger partial charge is 0.138 e. The van der Waals surface area contributed by atoms with Crippen LogP contribution in [0.5, 0.6) is 0 Å². The van der Waals surface area contributed by atoms with Crippen LogP contribution in [0.25, 0.3) is 0 Å². The lowest BCUT2D eigenvalue weighted by Gasteiger charge is -2.63. The quantitative estimate of drug-likeness (QED) is 0.329. The first-order chi connectivity index (χ1) is 17.7. The second kappa shape index (κ2) is 9.94. The van der Waals surface area contributed by atoms with Crippen LogP contribution in [0.15, 0.2) is 11.6 Å². The van der Waals surface area contributed by atoms with Gasteiger partial charge in [0, 0.05) is 18.9 Å². The second-order valence-electron chi connectivity index (χ2n) is 16.9. The van der Waals surface area contributed by atoms with Gasteiger partial charge in [-0.05, 0) is 119 Å². The fourth-order valence-electron chi connectivity index (χ4n) is 10.6. The maximum absolute atomic E-state index is 12.9. The molecule has 3 fully saturated rings. The Bertz CT molecular complexity index is 966. The number of Topliss-reactive ketones (excluding diaryl/α,β-unsaturated/α-hetero) is 1. The summed E-state index contributed by atoms with van der Waals surface area (Å²) in [5.41, 5.74) is 0.872. The molecule has 0 aliphatic heterocycles. The number of carbonyl (C=O) groups is 1. The zero-order chi connectivity index (χ0) is 29.4. The number of aliphatic hydroxyl groups is 1. The van der Waals surface area contributed by atoms with Gasteiger partial charge >= 0.3 is 0 Å². The van der Waals surface area contributed by atoms with Gasteiger partial charge in [-0.25, -0.2) is 0 Å². The molecule has 0 aromatic carbocycles. The molecule has 224 valence electrons. The summed E-state index contributed by atoms with van der Waals surface area (Å²) in [5, 5.41) is 11.0. The zero-order valence-corrected chi connectivity index (χ0v) is 27.4. The van der Waals surface area contributed by atoms with Crippen molar-refractivity contribution in [1.29, 1.82) is 0 Å². The van der Waals surface area contributed by atoms with Crippen LogP contribution in [0, 0.1) is 45.3 Å². The third kappa shape index (κ3) is 5.01. The normalized spacial score (nSPS) is 40.7. The van der Waals surface area contributed by atoms with Crippen LogP contribution in [0.3, 0.4) is 0 Å². The average molecular weight is 545 g/mol. The number of ketones is 1. The minimum absolute atomic E-state index is 0.174. The summed E-state index contributed by atoms with van der Waals surface area (Å²) in [5.74, 6) is 2.58. The van der Waals surface area contributed by atoms with Crippen LogP contribution in [0.2, 0.25) is 0 Å². The SMILES string of the molecule is CO[C@@H]([C@@H](CC(C)[C@@H]1CC[C@]2(C)C3=CCC4C(C)(C)C(=O)CC[C@]4(C)C3CC[C@@]12C)OC(C)(C)C)C(C)(C)O. The van der Waals surface area contributed by atoms with E-state index in [1.807, 2.05) is 13.8 Å². The van der Waals surface area contributed by atoms with Crippen LogP contribution in [-0.2, 0) is 14.3 Å². The highest BCUT2D eigenvalue weighted by molar-refractivity contribution is 5.85. The maximum Gasteiger partial charge on any atom is 0.138 e. The van der Waals surface area contributed by atoms with Crippen molar-refractivity contribution >= 4 is 5.78 Å². The van der Waals surface area contributed by atoms with Crippen molar-refractivity contribution in [3.8, 4) is 0 Å². The molecule has 1 N–H and O–H groups in total. The van der Waals surface area contributed by atoms with Gasteiger partial charge < -0.3 is 14.6 Å². The van der Waals surface area contributed by atoms with E-state index in [-0.39, 0.29) is 39.5 Å². The van der Waals surface area contributed by atoms with Crippen molar-refractivity contribution < 1.29 is 19.4 Å². The molecular weight excluding hydrogens is 484 g/mol. The molecule has 0 bridgehead atoms. The Labute approximate surface area is 240 Å². The number of hydrogen-bond donors (Lipinski definition) is 1. The number of carbonyl (C=O) groups excluding carboxylic acids is 1. The van der Waals surface area contributed by atoms with Gasteiger partial charge in [0.15, 0.2) is 0 Å². The third-order valence-electron chi connectivity index (χ3n) is 12.7. The van der Waals surface area contributed by atoms with E-state index in [1.54, 1.807) is 12.7 Å². The van der Waals surface area contributed by atoms with Crippen LogP contribution in [0.4, 0.5) is 0 Å². The fraction of sp³-hybridized carbons (Fsp3) is 0.914. The summed E-state index contributed by atoms with van der Waals surface area (Å²) >= 11 is 0. The second-order valence-corrected chi connectivity index (χ2v) is 16.9. The molecule has 0 aromatic rings. The highest BCUT2D eigenvalue weighted by Crippen LogP contribution is 2.73. The molecule has 0 heterocycles. The minimum atomic E-state index is -0.982. The molecule has 0 amide bonds. The highest BCUT2D eigenvalue weighted by Gasteiger charge is 2.65. The number of allylic oxidation sites excluding steroid dienone is 2. The topological polar surface area (TPSA) is 55.8 Å². The van der Waals surface area contributed by atoms with E-state index in [1.165, 1.54) is 25.7 Å². The Morgan fingerprint density at radius 2 is 1.67 bits per heavy atom. The Balaban J connectivity index is 1.62. The lowest BCUT2D eigenvalue weighted by molar-refractivity contribution is -0.181. The molecular formula is C35H60O4. The van der Waals surface area contributed by atoms with E-state index >= 15 is 0 Å². The monoisotopic (exact) mass is 544 g/mol. The molecule has 0 aromatic heterocycles. The molecule has 9 atom stereocenters. The predicted molar refractivity (Wildman–Crippen MR) is 159 cm³/mol. The van der Waals surface area contributed by atoms with Crippen LogP contribution in [0.1, 0.15) is 128 Å². The minimum Gasteiger partial charge on any atom is -0.388 e. The van der Waals surface area contributed by atoms with Gasteiger partial charge in [-0.1, -0.05) is 53.2 Å². The number of fused-ring (bicyclic) bond motifs is 5. The van der Waals surface area contributed by atoms with E-state index < -0.39 is 5.60 Å². The van der Waals surface area contributed by atoms with Crippen LogP contribution >= 0.6 is 0 Å². The number of rotatable bonds is 7. The Hall–Kier alpha value is -0.710. The number of methoxy groups -OCH3 is 1. The van der Waals surface area contributed by atoms with Crippen molar-refractivity contribution in [3.63, 3.8) is 0 Å². The van der Waals surface area contributed by atoms with E-state index in [2.05, 4.69) is 68.4 Å². The van der Waals surface area contributed by atoms with Crippen molar-refractivity contribution in [3.05, 3.63) is 11.6 Å². The van der Waals surface area contributed by atoms with Crippen molar-refractivity contribution in [2.75, 3.05) is 7.11 Å². The Morgan fingerprint density at radius 1 is 1.03 bits per heavy atom. The summed E-state index contributed by atoms with van der Waals surface area (Å²) < 4.78 is 12.5. The lowest BCUT2D eigenvalue weighted by Crippen LogP contribution is -2.57. The molecule has 0 spiro atoms. The third-order valence-corrected chi connectivity index (χ3v) is 12.7. The first kappa shape index (κ1) is 31.2. The Kier molecular flexibility index (Phi) is 7.96. The van der Waals surface area contributed by atoms with E-state index in [0.717, 1.165) is 25.7 Å². The Morgan fingerprint density at radius 3 is 2.23 bits per heavy atom. The summed E-state index contributed by atoms with van der Waals surface area (Å²) in [4.78, 5) is 12.9. The summed E-state index contributed by atoms with van der Waals surface area (Å²) in [7, 11) is 1.70. The largest absolute Gasteiger partial charge is 0.388 e. The number of hydrogen-bond acceptors (Lipinski definition) is 4. The summed E-state index contributed by atoms with van der Waals surface area (Å²) in [6.07, 6.45) is 10.8. The van der Waals surface area contributed by atoms with Gasteiger partial charge in [-0.3, -0.25) is 4.79 Å². The van der Waals surface area contributed by atoms with Gasteiger partial charge in [0.25, 0.3) is 0 Å². The first-order valence-corrected chi connectivity index (χ1v) is 15.9. The van der Waals surface area contributed by atoms with Crippen molar-refractivity contribution in [2.24, 2.45) is 45.3 Å². The molecule has 0 radical (unpaired) electrons. The van der Waals surface area contributed by atoms with Gasteiger partial charge in [0.1, 0.15) is 11.9 Å². The van der Waals surface area contributed by atoms with E-state index in [0.29, 0.717) is 29.5 Å². The van der Waals surface area contributed by atoms with Crippen LogP contribution < -0.4 is 0 Å². The van der Waals surface area contributed by atoms with Crippen molar-refractivity contribution in [1.82, 2.24) is 0 Å². The van der Waals surface area contributed by atoms with E-state index in [4.69, 9.17) is 9.47 Å². The molecule has 0 saturated heterocycles. The highest BCUT2D eigenvalue weighted by atomic mass is 16.6. The fourth-order valence-corrected chi connectivity index (χ4v) is 10.6. The molecule has 4 aliphatic rings. The van der Waals surface area contributed by atoms with E-state index in [9.17, 15) is 9.90 Å². The maximum atomic E-state index is 12.9. The van der Waals surface area contributed by atoms with Gasteiger partial charge in [-0.15, -0.1) is 0 Å². The molecule has 39 heavy (non-hydrogen) atoms. The number of ether oxygens (including phenoxy) is 2. The van der Waals surface area contributed by atoms with Gasteiger partial charge in [-0.2, -0.15) is 0 Å². The molecule has 4 heteroatoms. The molecule has 4 aliphatic carbocycles. The molecule has 3 unspecified atom stereocenters. The average Bonchev–Trinajstić information content (AvgIpc) is 3.06. The van der Waals surface area contributed by atoms with Crippen LogP contribution in [-0.4, -0.2) is 41.4 Å². The predicted octanol–water partition coefficient (Wildman–Crippen LogP) is 8.16. The zero-order valence-electron chi connectivity index (χ0n) is 27.4. The van der Waals surface area contributed by atoms with Gasteiger partial charge in [0.2, 0.25) is 0 Å². The summed E-state index contributed by atoms with van der Waals surface area (Å²) in [6.45, 7) is 24.5. The molecule has 3 saturated carbocycles. The van der Waals surface area contributed by atoms with Crippen molar-refractivity contribution in [2.45, 2.75) is 151 Å². The summed E-state index contributed by atoms with van der Waals surface area (Å²) in [6, 6.07) is 0.